The summed E-state index contributed by atoms with van der Waals surface area (Å²) in [5.74, 6) is -2.42. The van der Waals surface area contributed by atoms with Crippen molar-refractivity contribution in [2.24, 2.45) is 0 Å². The molecule has 3 nitrogen and oxygen atoms in total. The fraction of sp³-hybridized carbons (Fsp3) is 0.533. The lowest BCUT2D eigenvalue weighted by molar-refractivity contribution is 0.0917. The van der Waals surface area contributed by atoms with Gasteiger partial charge in [0.1, 0.15) is 17.2 Å². The average Bonchev–Trinajstić information content (AvgIpc) is 2.38. The van der Waals surface area contributed by atoms with Crippen molar-refractivity contribution < 1.29 is 13.6 Å². The number of nitrogens with one attached hydrogen (secondary N) is 1. The third kappa shape index (κ3) is 4.48. The zero-order valence-electron chi connectivity index (χ0n) is 12.0. The molecule has 0 aliphatic carbocycles. The van der Waals surface area contributed by atoms with Gasteiger partial charge >= 0.3 is 0 Å². The molecule has 0 radical (unpaired) electrons. The van der Waals surface area contributed by atoms with Crippen LogP contribution in [0.4, 0.5) is 8.78 Å². The Morgan fingerprint density at radius 1 is 1.29 bits per heavy atom. The van der Waals surface area contributed by atoms with Gasteiger partial charge in [-0.15, -0.1) is 0 Å². The van der Waals surface area contributed by atoms with Crippen LogP contribution in [0.5, 0.6) is 0 Å². The van der Waals surface area contributed by atoms with Gasteiger partial charge in [-0.25, -0.2) is 8.78 Å². The Kier molecular flexibility index (Phi) is 5.70. The molecule has 1 aliphatic rings. The zero-order chi connectivity index (χ0) is 15.4. The van der Waals surface area contributed by atoms with Gasteiger partial charge in [0.2, 0.25) is 0 Å². The average molecular weight is 361 g/mol. The SMILES string of the molecule is CC(CN1CCCCC1)NC(=O)c1c(F)cc(Br)cc1F. The van der Waals surface area contributed by atoms with Crippen LogP contribution >= 0.6 is 15.9 Å². The molecule has 1 aromatic carbocycles. The summed E-state index contributed by atoms with van der Waals surface area (Å²) < 4.78 is 27.7. The highest BCUT2D eigenvalue weighted by molar-refractivity contribution is 9.10. The molecule has 0 aromatic heterocycles. The summed E-state index contributed by atoms with van der Waals surface area (Å²) in [6.45, 7) is 4.58. The molecule has 1 fully saturated rings. The second kappa shape index (κ2) is 7.31. The fourth-order valence-corrected chi connectivity index (χ4v) is 3.03. The fourth-order valence-electron chi connectivity index (χ4n) is 2.63. The molecule has 1 unspecified atom stereocenters. The van der Waals surface area contributed by atoms with E-state index >= 15 is 0 Å². The van der Waals surface area contributed by atoms with Crippen molar-refractivity contribution in [1.29, 1.82) is 0 Å². The highest BCUT2D eigenvalue weighted by Gasteiger charge is 2.21. The lowest BCUT2D eigenvalue weighted by atomic mass is 10.1. The number of hydrogen-bond acceptors (Lipinski definition) is 2. The number of rotatable bonds is 4. The third-order valence-electron chi connectivity index (χ3n) is 3.59. The number of carbonyl (C=O) groups excluding carboxylic acids is 1. The van der Waals surface area contributed by atoms with Crippen LogP contribution in [0, 0.1) is 11.6 Å². The maximum atomic E-state index is 13.7. The molecule has 0 saturated carbocycles. The Morgan fingerprint density at radius 3 is 2.43 bits per heavy atom. The maximum absolute atomic E-state index is 13.7. The summed E-state index contributed by atoms with van der Waals surface area (Å²) in [4.78, 5) is 14.3. The first-order valence-corrected chi connectivity index (χ1v) is 7.94. The lowest BCUT2D eigenvalue weighted by Gasteiger charge is -2.29. The van der Waals surface area contributed by atoms with Crippen LogP contribution in [0.15, 0.2) is 16.6 Å². The summed E-state index contributed by atoms with van der Waals surface area (Å²) in [5, 5.41) is 2.67. The standard InChI is InChI=1S/C15H19BrF2N2O/c1-10(9-20-5-3-2-4-6-20)19-15(21)14-12(17)7-11(16)8-13(14)18/h7-8,10H,2-6,9H2,1H3,(H,19,21). The van der Waals surface area contributed by atoms with Crippen LogP contribution in [0.1, 0.15) is 36.5 Å². The molecule has 2 rings (SSSR count). The van der Waals surface area contributed by atoms with Gasteiger partial charge in [0.05, 0.1) is 0 Å². The van der Waals surface area contributed by atoms with Crippen LogP contribution in [0.2, 0.25) is 0 Å². The Morgan fingerprint density at radius 2 is 1.86 bits per heavy atom. The largest absolute Gasteiger partial charge is 0.348 e. The van der Waals surface area contributed by atoms with Gasteiger partial charge in [0.25, 0.3) is 5.91 Å². The number of piperidine rings is 1. The zero-order valence-corrected chi connectivity index (χ0v) is 13.6. The molecule has 1 aromatic rings. The van der Waals surface area contributed by atoms with Crippen molar-refractivity contribution in [2.45, 2.75) is 32.2 Å². The summed E-state index contributed by atoms with van der Waals surface area (Å²) in [6, 6.07) is 2.03. The minimum atomic E-state index is -0.857. The quantitative estimate of drug-likeness (QED) is 0.892. The predicted molar refractivity (Wildman–Crippen MR) is 81.3 cm³/mol. The summed E-state index contributed by atoms with van der Waals surface area (Å²) >= 11 is 2.99. The Balaban J connectivity index is 1.97. The molecule has 1 N–H and O–H groups in total. The Labute approximate surface area is 131 Å². The molecule has 6 heteroatoms. The first kappa shape index (κ1) is 16.4. The molecular formula is C15H19BrF2N2O. The van der Waals surface area contributed by atoms with Crippen molar-refractivity contribution >= 4 is 21.8 Å². The van der Waals surface area contributed by atoms with Gasteiger partial charge in [-0.3, -0.25) is 4.79 Å². The summed E-state index contributed by atoms with van der Waals surface area (Å²) in [5.41, 5.74) is -0.524. The number of likely N-dealkylation sites (tertiary alicyclic amines) is 1. The van der Waals surface area contributed by atoms with Crippen LogP contribution in [0.25, 0.3) is 0 Å². The van der Waals surface area contributed by atoms with Gasteiger partial charge in [-0.2, -0.15) is 0 Å². The second-order valence-electron chi connectivity index (χ2n) is 5.48. The van der Waals surface area contributed by atoms with E-state index in [2.05, 4.69) is 26.1 Å². The van der Waals surface area contributed by atoms with E-state index in [1.807, 2.05) is 6.92 Å². The number of halogens is 3. The van der Waals surface area contributed by atoms with E-state index in [0.29, 0.717) is 6.54 Å². The smallest absolute Gasteiger partial charge is 0.257 e. The minimum Gasteiger partial charge on any atom is -0.348 e. The normalized spacial score (nSPS) is 17.5. The van der Waals surface area contributed by atoms with Crippen molar-refractivity contribution in [2.75, 3.05) is 19.6 Å². The summed E-state index contributed by atoms with van der Waals surface area (Å²) in [7, 11) is 0. The van der Waals surface area contributed by atoms with Crippen molar-refractivity contribution in [3.05, 3.63) is 33.8 Å². The molecule has 116 valence electrons. The third-order valence-corrected chi connectivity index (χ3v) is 4.05. The van der Waals surface area contributed by atoms with Crippen LogP contribution < -0.4 is 5.32 Å². The molecule has 1 amide bonds. The van der Waals surface area contributed by atoms with E-state index in [-0.39, 0.29) is 10.5 Å². The van der Waals surface area contributed by atoms with Gasteiger partial charge in [0, 0.05) is 17.1 Å². The topological polar surface area (TPSA) is 32.3 Å². The van der Waals surface area contributed by atoms with E-state index in [1.54, 1.807) is 0 Å². The lowest BCUT2D eigenvalue weighted by Crippen LogP contribution is -2.44. The molecule has 21 heavy (non-hydrogen) atoms. The van der Waals surface area contributed by atoms with Crippen molar-refractivity contribution in [3.63, 3.8) is 0 Å². The first-order chi connectivity index (χ1) is 9.97. The Hall–Kier alpha value is -1.01. The van der Waals surface area contributed by atoms with Crippen molar-refractivity contribution in [1.82, 2.24) is 10.2 Å². The first-order valence-electron chi connectivity index (χ1n) is 7.15. The van der Waals surface area contributed by atoms with E-state index in [0.717, 1.165) is 38.1 Å². The Bertz CT molecular complexity index is 495. The minimum absolute atomic E-state index is 0.155. The summed E-state index contributed by atoms with van der Waals surface area (Å²) in [6.07, 6.45) is 3.57. The monoisotopic (exact) mass is 360 g/mol. The number of hydrogen-bond donors (Lipinski definition) is 1. The van der Waals surface area contributed by atoms with Gasteiger partial charge < -0.3 is 10.2 Å². The molecule has 1 aliphatic heterocycles. The highest BCUT2D eigenvalue weighted by Crippen LogP contribution is 2.19. The predicted octanol–water partition coefficient (Wildman–Crippen LogP) is 3.33. The molecule has 1 saturated heterocycles. The second-order valence-corrected chi connectivity index (χ2v) is 6.40. The van der Waals surface area contributed by atoms with E-state index in [9.17, 15) is 13.6 Å². The van der Waals surface area contributed by atoms with Gasteiger partial charge in [-0.05, 0) is 45.0 Å². The highest BCUT2D eigenvalue weighted by atomic mass is 79.9. The van der Waals surface area contributed by atoms with Crippen LogP contribution in [-0.2, 0) is 0 Å². The molecule has 1 heterocycles. The van der Waals surface area contributed by atoms with E-state index in [4.69, 9.17) is 0 Å². The molecular weight excluding hydrogens is 342 g/mol. The van der Waals surface area contributed by atoms with Crippen molar-refractivity contribution in [3.8, 4) is 0 Å². The van der Waals surface area contributed by atoms with Crippen LogP contribution in [-0.4, -0.2) is 36.5 Å². The number of benzene rings is 1. The van der Waals surface area contributed by atoms with Crippen LogP contribution in [0.3, 0.4) is 0 Å². The number of amides is 1. The number of nitrogens with zero attached hydrogens (tertiary/aromatic N) is 1. The van der Waals surface area contributed by atoms with E-state index in [1.165, 1.54) is 6.42 Å². The number of carbonyl (C=O) groups is 1. The van der Waals surface area contributed by atoms with Gasteiger partial charge in [0.15, 0.2) is 0 Å². The molecule has 0 spiro atoms. The maximum Gasteiger partial charge on any atom is 0.257 e. The van der Waals surface area contributed by atoms with E-state index < -0.39 is 23.1 Å². The van der Waals surface area contributed by atoms with Gasteiger partial charge in [-0.1, -0.05) is 22.4 Å². The molecule has 1 atom stereocenters. The molecule has 0 bridgehead atoms.